The minimum absolute atomic E-state index is 0.0644. The Hall–Kier alpha value is -0.800. The van der Waals surface area contributed by atoms with Crippen LogP contribution in [0.25, 0.3) is 0 Å². The Labute approximate surface area is 105 Å². The summed E-state index contributed by atoms with van der Waals surface area (Å²) in [6.07, 6.45) is 1.03. The van der Waals surface area contributed by atoms with E-state index in [0.29, 0.717) is 12.2 Å². The fraction of sp³-hybridized carbons (Fsp3) is 0.538. The summed E-state index contributed by atoms with van der Waals surface area (Å²) in [5.41, 5.74) is -0.238. The molecule has 0 bridgehead atoms. The van der Waals surface area contributed by atoms with Gasteiger partial charge in [-0.2, -0.15) is 0 Å². The lowest BCUT2D eigenvalue weighted by molar-refractivity contribution is -0.147. The second kappa shape index (κ2) is 4.46. The number of halogens is 2. The van der Waals surface area contributed by atoms with Gasteiger partial charge >= 0.3 is 0 Å². The zero-order chi connectivity index (χ0) is 12.6. The summed E-state index contributed by atoms with van der Waals surface area (Å²) in [7, 11) is 0. The molecule has 1 aliphatic carbocycles. The van der Waals surface area contributed by atoms with Crippen molar-refractivity contribution in [3.63, 3.8) is 0 Å². The fourth-order valence-electron chi connectivity index (χ4n) is 2.17. The highest BCUT2D eigenvalue weighted by Gasteiger charge is 2.51. The highest BCUT2D eigenvalue weighted by molar-refractivity contribution is 6.32. The van der Waals surface area contributed by atoms with Crippen LogP contribution in [-0.2, 0) is 0 Å². The number of hydrogen-bond acceptors (Lipinski definition) is 2. The van der Waals surface area contributed by atoms with Crippen LogP contribution in [0.5, 0.6) is 5.75 Å². The van der Waals surface area contributed by atoms with E-state index in [-0.39, 0.29) is 28.5 Å². The molecule has 0 saturated heterocycles. The molecule has 1 aromatic carbocycles. The van der Waals surface area contributed by atoms with Crippen LogP contribution >= 0.6 is 11.6 Å². The second-order valence-corrected chi connectivity index (χ2v) is 5.20. The first-order chi connectivity index (χ1) is 7.97. The average Bonchev–Trinajstić information content (AvgIpc) is 2.30. The Kier molecular flexibility index (Phi) is 3.32. The summed E-state index contributed by atoms with van der Waals surface area (Å²) in [6, 6.07) is 4.08. The van der Waals surface area contributed by atoms with Crippen LogP contribution in [0.4, 0.5) is 4.39 Å². The van der Waals surface area contributed by atoms with E-state index in [2.05, 4.69) is 0 Å². The van der Waals surface area contributed by atoms with Crippen LogP contribution in [0, 0.1) is 11.2 Å². The maximum absolute atomic E-state index is 12.9. The molecule has 94 valence electrons. The van der Waals surface area contributed by atoms with Crippen LogP contribution in [-0.4, -0.2) is 17.3 Å². The van der Waals surface area contributed by atoms with E-state index in [1.807, 2.05) is 13.8 Å². The predicted octanol–water partition coefficient (Wildman–Crippen LogP) is 3.41. The molecular formula is C13H16ClFO2. The molecule has 0 aromatic heterocycles. The highest BCUT2D eigenvalue weighted by Crippen LogP contribution is 2.46. The minimum Gasteiger partial charge on any atom is -0.488 e. The SMILES string of the molecule is CCC1(C)C(O)CC1Oc1ccc(F)cc1Cl. The van der Waals surface area contributed by atoms with Crippen molar-refractivity contribution >= 4 is 11.6 Å². The number of aliphatic hydroxyl groups is 1. The van der Waals surface area contributed by atoms with Gasteiger partial charge in [0.2, 0.25) is 0 Å². The van der Waals surface area contributed by atoms with Gasteiger partial charge in [-0.05, 0) is 24.6 Å². The van der Waals surface area contributed by atoms with Crippen molar-refractivity contribution in [2.75, 3.05) is 0 Å². The Morgan fingerprint density at radius 1 is 1.59 bits per heavy atom. The van der Waals surface area contributed by atoms with Gasteiger partial charge in [-0.25, -0.2) is 4.39 Å². The van der Waals surface area contributed by atoms with Crippen molar-refractivity contribution in [3.8, 4) is 5.75 Å². The van der Waals surface area contributed by atoms with Gasteiger partial charge in [0.1, 0.15) is 17.7 Å². The molecule has 0 amide bonds. The second-order valence-electron chi connectivity index (χ2n) is 4.79. The van der Waals surface area contributed by atoms with E-state index in [0.717, 1.165) is 6.42 Å². The number of ether oxygens (including phenoxy) is 1. The lowest BCUT2D eigenvalue weighted by atomic mass is 9.63. The van der Waals surface area contributed by atoms with E-state index >= 15 is 0 Å². The lowest BCUT2D eigenvalue weighted by Crippen LogP contribution is -2.57. The quantitative estimate of drug-likeness (QED) is 0.900. The molecule has 2 rings (SSSR count). The van der Waals surface area contributed by atoms with Gasteiger partial charge in [0.05, 0.1) is 11.1 Å². The normalized spacial score (nSPS) is 32.1. The first-order valence-electron chi connectivity index (χ1n) is 5.77. The molecule has 4 heteroatoms. The predicted molar refractivity (Wildman–Crippen MR) is 64.8 cm³/mol. The smallest absolute Gasteiger partial charge is 0.138 e. The standard InChI is InChI=1S/C13H16ClFO2/c1-3-13(2)11(16)7-12(13)17-10-5-4-8(15)6-9(10)14/h4-6,11-12,16H,3,7H2,1-2H3. The highest BCUT2D eigenvalue weighted by atomic mass is 35.5. The number of hydrogen-bond donors (Lipinski definition) is 1. The van der Waals surface area contributed by atoms with Gasteiger partial charge in [-0.3, -0.25) is 0 Å². The van der Waals surface area contributed by atoms with E-state index in [9.17, 15) is 9.50 Å². The van der Waals surface area contributed by atoms with Crippen molar-refractivity contribution < 1.29 is 14.2 Å². The summed E-state index contributed by atoms with van der Waals surface area (Å²) < 4.78 is 18.6. The lowest BCUT2D eigenvalue weighted by Gasteiger charge is -2.50. The zero-order valence-corrected chi connectivity index (χ0v) is 10.7. The number of rotatable bonds is 3. The molecule has 1 fully saturated rings. The van der Waals surface area contributed by atoms with Crippen LogP contribution in [0.3, 0.4) is 0 Å². The van der Waals surface area contributed by atoms with Gasteiger partial charge in [0, 0.05) is 11.8 Å². The van der Waals surface area contributed by atoms with Gasteiger partial charge in [-0.15, -0.1) is 0 Å². The molecule has 2 nitrogen and oxygen atoms in total. The third kappa shape index (κ3) is 2.14. The maximum atomic E-state index is 12.9. The van der Waals surface area contributed by atoms with Crippen molar-refractivity contribution in [2.45, 2.75) is 38.9 Å². The van der Waals surface area contributed by atoms with Crippen LogP contribution in [0.15, 0.2) is 18.2 Å². The Bertz CT molecular complexity index is 424. The molecule has 0 heterocycles. The third-order valence-electron chi connectivity index (χ3n) is 3.86. The fourth-order valence-corrected chi connectivity index (χ4v) is 2.38. The molecule has 0 radical (unpaired) electrons. The molecule has 3 unspecified atom stereocenters. The number of aliphatic hydroxyl groups excluding tert-OH is 1. The first kappa shape index (κ1) is 12.7. The molecule has 1 N–H and O–H groups in total. The third-order valence-corrected chi connectivity index (χ3v) is 4.15. The molecule has 17 heavy (non-hydrogen) atoms. The topological polar surface area (TPSA) is 29.5 Å². The summed E-state index contributed by atoms with van der Waals surface area (Å²) >= 11 is 5.90. The van der Waals surface area contributed by atoms with Crippen molar-refractivity contribution in [2.24, 2.45) is 5.41 Å². The molecule has 0 aliphatic heterocycles. The monoisotopic (exact) mass is 258 g/mol. The molecule has 0 spiro atoms. The van der Waals surface area contributed by atoms with Crippen LogP contribution in [0.2, 0.25) is 5.02 Å². The van der Waals surface area contributed by atoms with Crippen molar-refractivity contribution in [1.82, 2.24) is 0 Å². The average molecular weight is 259 g/mol. The van der Waals surface area contributed by atoms with E-state index < -0.39 is 0 Å². The largest absolute Gasteiger partial charge is 0.488 e. The summed E-state index contributed by atoms with van der Waals surface area (Å²) in [6.45, 7) is 4.01. The first-order valence-corrected chi connectivity index (χ1v) is 6.15. The Balaban J connectivity index is 2.12. The molecule has 1 aliphatic rings. The molecular weight excluding hydrogens is 243 g/mol. The van der Waals surface area contributed by atoms with Gasteiger partial charge in [0.15, 0.2) is 0 Å². The minimum atomic E-state index is -0.380. The van der Waals surface area contributed by atoms with E-state index in [1.165, 1.54) is 18.2 Å². The zero-order valence-electron chi connectivity index (χ0n) is 9.91. The van der Waals surface area contributed by atoms with Gasteiger partial charge in [0.25, 0.3) is 0 Å². The molecule has 3 atom stereocenters. The maximum Gasteiger partial charge on any atom is 0.138 e. The molecule has 1 saturated carbocycles. The van der Waals surface area contributed by atoms with Crippen molar-refractivity contribution in [3.05, 3.63) is 29.0 Å². The Morgan fingerprint density at radius 3 is 2.82 bits per heavy atom. The van der Waals surface area contributed by atoms with Crippen LogP contribution < -0.4 is 4.74 Å². The summed E-state index contributed by atoms with van der Waals surface area (Å²) in [5, 5.41) is 10.0. The van der Waals surface area contributed by atoms with E-state index in [1.54, 1.807) is 0 Å². The summed E-state index contributed by atoms with van der Waals surface area (Å²) in [5.74, 6) is 0.0962. The Morgan fingerprint density at radius 2 is 2.29 bits per heavy atom. The van der Waals surface area contributed by atoms with Crippen LogP contribution in [0.1, 0.15) is 26.7 Å². The van der Waals surface area contributed by atoms with Crippen molar-refractivity contribution in [1.29, 1.82) is 0 Å². The van der Waals surface area contributed by atoms with Gasteiger partial charge < -0.3 is 9.84 Å². The van der Waals surface area contributed by atoms with E-state index in [4.69, 9.17) is 16.3 Å². The van der Waals surface area contributed by atoms with Gasteiger partial charge in [-0.1, -0.05) is 25.4 Å². The number of benzene rings is 1. The summed E-state index contributed by atoms with van der Waals surface area (Å²) in [4.78, 5) is 0. The molecule has 1 aromatic rings.